The lowest BCUT2D eigenvalue weighted by Crippen LogP contribution is -2.45. The summed E-state index contributed by atoms with van der Waals surface area (Å²) in [6.45, 7) is 0.875. The van der Waals surface area contributed by atoms with E-state index in [0.29, 0.717) is 31.0 Å². The number of primary amides is 1. The molecule has 0 saturated carbocycles. The van der Waals surface area contributed by atoms with Gasteiger partial charge in [0.15, 0.2) is 0 Å². The van der Waals surface area contributed by atoms with E-state index in [1.54, 1.807) is 23.1 Å². The fourth-order valence-corrected chi connectivity index (χ4v) is 2.45. The standard InChI is InChI=1S/C15H20N4O4/c1-23-13(20)8-11-5-2-6-12(17-11)18-15(22)19-7-3-4-10(9-19)14(16)21/h2,5-6,10H,3-4,7-9H2,1H3,(H2,16,21)(H,17,18,22). The number of carbonyl (C=O) groups is 3. The number of nitrogens with zero attached hydrogens (tertiary/aromatic N) is 2. The Balaban J connectivity index is 1.98. The van der Waals surface area contributed by atoms with Crippen molar-refractivity contribution in [3.05, 3.63) is 23.9 Å². The van der Waals surface area contributed by atoms with E-state index in [1.807, 2.05) is 0 Å². The maximum atomic E-state index is 12.3. The van der Waals surface area contributed by atoms with Crippen molar-refractivity contribution in [1.82, 2.24) is 9.88 Å². The second-order valence-corrected chi connectivity index (χ2v) is 5.38. The van der Waals surface area contributed by atoms with Crippen molar-refractivity contribution in [1.29, 1.82) is 0 Å². The Hall–Kier alpha value is -2.64. The monoisotopic (exact) mass is 320 g/mol. The normalized spacial score (nSPS) is 17.4. The number of hydrogen-bond donors (Lipinski definition) is 2. The highest BCUT2D eigenvalue weighted by molar-refractivity contribution is 5.89. The molecule has 1 aromatic rings. The van der Waals surface area contributed by atoms with Crippen LogP contribution < -0.4 is 11.1 Å². The molecule has 3 amide bonds. The summed E-state index contributed by atoms with van der Waals surface area (Å²) < 4.78 is 4.59. The van der Waals surface area contributed by atoms with Crippen LogP contribution in [0.1, 0.15) is 18.5 Å². The summed E-state index contributed by atoms with van der Waals surface area (Å²) in [4.78, 5) is 40.5. The summed E-state index contributed by atoms with van der Waals surface area (Å²) in [5.74, 6) is -0.757. The minimum atomic E-state index is -0.402. The SMILES string of the molecule is COC(=O)Cc1cccc(NC(=O)N2CCCC(C(N)=O)C2)n1. The van der Waals surface area contributed by atoms with Crippen LogP contribution in [0.5, 0.6) is 0 Å². The van der Waals surface area contributed by atoms with Gasteiger partial charge < -0.3 is 15.4 Å². The summed E-state index contributed by atoms with van der Waals surface area (Å²) in [6.07, 6.45) is 1.47. The lowest BCUT2D eigenvalue weighted by Gasteiger charge is -2.31. The van der Waals surface area contributed by atoms with Crippen LogP contribution in [0.15, 0.2) is 18.2 Å². The van der Waals surface area contributed by atoms with Crippen LogP contribution in [0.2, 0.25) is 0 Å². The van der Waals surface area contributed by atoms with Crippen LogP contribution in [0.4, 0.5) is 10.6 Å². The highest BCUT2D eigenvalue weighted by atomic mass is 16.5. The first-order valence-corrected chi connectivity index (χ1v) is 7.37. The van der Waals surface area contributed by atoms with E-state index in [0.717, 1.165) is 6.42 Å². The number of carbonyl (C=O) groups excluding carboxylic acids is 3. The van der Waals surface area contributed by atoms with E-state index in [2.05, 4.69) is 15.0 Å². The predicted octanol–water partition coefficient (Wildman–Crippen LogP) is 0.526. The average Bonchev–Trinajstić information content (AvgIpc) is 2.55. The molecule has 1 unspecified atom stereocenters. The number of nitrogens with two attached hydrogens (primary N) is 1. The Morgan fingerprint density at radius 3 is 2.91 bits per heavy atom. The van der Waals surface area contributed by atoms with E-state index in [1.165, 1.54) is 7.11 Å². The molecule has 1 aromatic heterocycles. The summed E-state index contributed by atoms with van der Waals surface area (Å²) in [5.41, 5.74) is 5.81. The number of piperidine rings is 1. The summed E-state index contributed by atoms with van der Waals surface area (Å²) in [5, 5.41) is 2.67. The van der Waals surface area contributed by atoms with E-state index in [9.17, 15) is 14.4 Å². The molecule has 2 heterocycles. The van der Waals surface area contributed by atoms with E-state index in [-0.39, 0.29) is 24.3 Å². The van der Waals surface area contributed by atoms with Gasteiger partial charge in [-0.05, 0) is 25.0 Å². The molecule has 1 aliphatic heterocycles. The van der Waals surface area contributed by atoms with Gasteiger partial charge >= 0.3 is 12.0 Å². The van der Waals surface area contributed by atoms with Gasteiger partial charge in [-0.25, -0.2) is 9.78 Å². The highest BCUT2D eigenvalue weighted by Crippen LogP contribution is 2.17. The number of methoxy groups -OCH3 is 1. The lowest BCUT2D eigenvalue weighted by molar-refractivity contribution is -0.139. The third-order valence-electron chi connectivity index (χ3n) is 3.71. The van der Waals surface area contributed by atoms with Gasteiger partial charge in [-0.3, -0.25) is 14.9 Å². The minimum Gasteiger partial charge on any atom is -0.469 e. The van der Waals surface area contributed by atoms with Crippen LogP contribution in [0, 0.1) is 5.92 Å². The molecular weight excluding hydrogens is 300 g/mol. The van der Waals surface area contributed by atoms with Crippen LogP contribution in [-0.4, -0.2) is 48.0 Å². The lowest BCUT2D eigenvalue weighted by atomic mass is 9.98. The molecule has 3 N–H and O–H groups in total. The van der Waals surface area contributed by atoms with Gasteiger partial charge in [0.05, 0.1) is 25.1 Å². The largest absolute Gasteiger partial charge is 0.469 e. The van der Waals surface area contributed by atoms with Crippen molar-refractivity contribution < 1.29 is 19.1 Å². The Morgan fingerprint density at radius 1 is 1.43 bits per heavy atom. The van der Waals surface area contributed by atoms with Crippen molar-refractivity contribution >= 4 is 23.7 Å². The zero-order chi connectivity index (χ0) is 16.8. The van der Waals surface area contributed by atoms with Crippen molar-refractivity contribution in [3.8, 4) is 0 Å². The molecule has 124 valence electrons. The molecule has 0 spiro atoms. The van der Waals surface area contributed by atoms with Crippen LogP contribution in [0.3, 0.4) is 0 Å². The van der Waals surface area contributed by atoms with Crippen molar-refractivity contribution in [3.63, 3.8) is 0 Å². The fraction of sp³-hybridized carbons (Fsp3) is 0.467. The Morgan fingerprint density at radius 2 is 2.22 bits per heavy atom. The van der Waals surface area contributed by atoms with Crippen molar-refractivity contribution in [2.45, 2.75) is 19.3 Å². The molecule has 8 heteroatoms. The Labute approximate surface area is 134 Å². The number of aromatic nitrogens is 1. The van der Waals surface area contributed by atoms with Gasteiger partial charge in [0.1, 0.15) is 5.82 Å². The topological polar surface area (TPSA) is 115 Å². The van der Waals surface area contributed by atoms with Crippen LogP contribution in [0.25, 0.3) is 0 Å². The molecule has 2 rings (SSSR count). The molecule has 0 aliphatic carbocycles. The van der Waals surface area contributed by atoms with Gasteiger partial charge in [0.2, 0.25) is 5.91 Å². The van der Waals surface area contributed by atoms with Gasteiger partial charge in [0.25, 0.3) is 0 Å². The summed E-state index contributed by atoms with van der Waals surface area (Å²) >= 11 is 0. The molecule has 23 heavy (non-hydrogen) atoms. The van der Waals surface area contributed by atoms with Gasteiger partial charge in [0, 0.05) is 13.1 Å². The molecule has 0 aromatic carbocycles. The number of hydrogen-bond acceptors (Lipinski definition) is 5. The van der Waals surface area contributed by atoms with E-state index < -0.39 is 5.97 Å². The number of pyridine rings is 1. The number of amides is 3. The molecule has 8 nitrogen and oxygen atoms in total. The van der Waals surface area contributed by atoms with E-state index >= 15 is 0 Å². The van der Waals surface area contributed by atoms with E-state index in [4.69, 9.17) is 5.73 Å². The van der Waals surface area contributed by atoms with Crippen molar-refractivity contribution in [2.24, 2.45) is 11.7 Å². The molecular formula is C15H20N4O4. The quantitative estimate of drug-likeness (QED) is 0.785. The smallest absolute Gasteiger partial charge is 0.323 e. The van der Waals surface area contributed by atoms with Crippen LogP contribution >= 0.6 is 0 Å². The zero-order valence-corrected chi connectivity index (χ0v) is 12.9. The molecule has 0 radical (unpaired) electrons. The van der Waals surface area contributed by atoms with Gasteiger partial charge in [-0.2, -0.15) is 0 Å². The third kappa shape index (κ3) is 4.67. The maximum absolute atomic E-state index is 12.3. The van der Waals surface area contributed by atoms with Crippen molar-refractivity contribution in [2.75, 3.05) is 25.5 Å². The first-order valence-electron chi connectivity index (χ1n) is 7.37. The summed E-state index contributed by atoms with van der Waals surface area (Å²) in [7, 11) is 1.31. The second kappa shape index (κ2) is 7.57. The highest BCUT2D eigenvalue weighted by Gasteiger charge is 2.27. The molecule has 1 saturated heterocycles. The number of likely N-dealkylation sites (tertiary alicyclic amines) is 1. The first-order chi connectivity index (χ1) is 11.0. The summed E-state index contributed by atoms with van der Waals surface area (Å²) in [6, 6.07) is 4.67. The predicted molar refractivity (Wildman–Crippen MR) is 82.5 cm³/mol. The number of esters is 1. The fourth-order valence-electron chi connectivity index (χ4n) is 2.45. The molecule has 0 bridgehead atoms. The third-order valence-corrected chi connectivity index (χ3v) is 3.71. The number of ether oxygens (including phenoxy) is 1. The Kier molecular flexibility index (Phi) is 5.51. The maximum Gasteiger partial charge on any atom is 0.323 e. The molecule has 1 atom stereocenters. The Bertz CT molecular complexity index is 605. The average molecular weight is 320 g/mol. The number of urea groups is 1. The number of anilines is 1. The van der Waals surface area contributed by atoms with Gasteiger partial charge in [-0.15, -0.1) is 0 Å². The zero-order valence-electron chi connectivity index (χ0n) is 12.9. The van der Waals surface area contributed by atoms with Crippen LogP contribution in [-0.2, 0) is 20.7 Å². The molecule has 1 fully saturated rings. The second-order valence-electron chi connectivity index (χ2n) is 5.38. The number of rotatable bonds is 4. The minimum absolute atomic E-state index is 0.0354. The molecule has 1 aliphatic rings. The first kappa shape index (κ1) is 16.7. The number of nitrogens with one attached hydrogen (secondary N) is 1. The van der Waals surface area contributed by atoms with Gasteiger partial charge in [-0.1, -0.05) is 6.07 Å².